The Bertz CT molecular complexity index is 1110. The van der Waals surface area contributed by atoms with Crippen molar-refractivity contribution >= 4 is 11.9 Å². The number of esters is 2. The van der Waals surface area contributed by atoms with E-state index in [0.717, 1.165) is 24.0 Å². The number of benzene rings is 2. The van der Waals surface area contributed by atoms with Crippen molar-refractivity contribution in [3.05, 3.63) is 70.8 Å². The van der Waals surface area contributed by atoms with E-state index in [1.165, 1.54) is 0 Å². The minimum atomic E-state index is -5.16. The molecule has 0 aliphatic rings. The second-order valence-corrected chi connectivity index (χ2v) is 9.49. The Morgan fingerprint density at radius 2 is 1.08 bits per heavy atom. The van der Waals surface area contributed by atoms with Crippen LogP contribution in [0.15, 0.2) is 48.5 Å². The van der Waals surface area contributed by atoms with E-state index in [2.05, 4.69) is 9.47 Å². The molecule has 39 heavy (non-hydrogen) atoms. The van der Waals surface area contributed by atoms with Gasteiger partial charge in [0.15, 0.2) is 0 Å². The number of carbonyl (C=O) groups is 2. The number of halogens is 6. The molecule has 0 aliphatic heterocycles. The molecule has 0 bridgehead atoms. The Labute approximate surface area is 221 Å². The summed E-state index contributed by atoms with van der Waals surface area (Å²) in [7, 11) is 0. The van der Waals surface area contributed by atoms with Crippen LogP contribution in [-0.2, 0) is 38.7 Å². The topological polar surface area (TPSA) is 93.1 Å². The number of hydrogen-bond donors (Lipinski definition) is 2. The van der Waals surface area contributed by atoms with Crippen LogP contribution in [0.2, 0.25) is 0 Å². The second kappa shape index (κ2) is 12.4. The molecule has 0 heterocycles. The van der Waals surface area contributed by atoms with E-state index in [-0.39, 0.29) is 5.92 Å². The van der Waals surface area contributed by atoms with E-state index in [1.54, 1.807) is 48.5 Å². The van der Waals surface area contributed by atoms with Crippen LogP contribution >= 0.6 is 0 Å². The summed E-state index contributed by atoms with van der Waals surface area (Å²) in [4.78, 5) is 23.2. The SMILES string of the molecule is CCC(CCc1ccc(COC(=O)C(C)(O)C(F)(F)F)cc1)c1ccc(COC(=O)C(C)(O)C(F)(F)F)cc1. The monoisotopic (exact) mass is 564 g/mol. The lowest BCUT2D eigenvalue weighted by Crippen LogP contribution is -2.50. The molecule has 6 nitrogen and oxygen atoms in total. The van der Waals surface area contributed by atoms with Crippen molar-refractivity contribution in [3.8, 4) is 0 Å². The summed E-state index contributed by atoms with van der Waals surface area (Å²) in [5.41, 5.74) is -4.39. The molecule has 0 saturated heterocycles. The number of hydrogen-bond acceptors (Lipinski definition) is 6. The molecule has 0 radical (unpaired) electrons. The van der Waals surface area contributed by atoms with Crippen molar-refractivity contribution in [2.24, 2.45) is 0 Å². The van der Waals surface area contributed by atoms with Crippen molar-refractivity contribution in [2.45, 2.75) is 82.7 Å². The molecule has 0 aromatic heterocycles. The Kier molecular flexibility index (Phi) is 10.2. The summed E-state index contributed by atoms with van der Waals surface area (Å²) >= 11 is 0. The number of aryl methyl sites for hydroxylation is 1. The van der Waals surface area contributed by atoms with Gasteiger partial charge in [0, 0.05) is 0 Å². The van der Waals surface area contributed by atoms with Crippen LogP contribution in [0.1, 0.15) is 61.8 Å². The number of aliphatic hydroxyl groups is 2. The van der Waals surface area contributed by atoms with Gasteiger partial charge >= 0.3 is 24.3 Å². The first kappa shape index (κ1) is 32.1. The molecule has 3 atom stereocenters. The zero-order valence-electron chi connectivity index (χ0n) is 21.5. The van der Waals surface area contributed by atoms with Gasteiger partial charge in [-0.05, 0) is 61.3 Å². The van der Waals surface area contributed by atoms with Gasteiger partial charge in [0.1, 0.15) is 13.2 Å². The third kappa shape index (κ3) is 8.18. The summed E-state index contributed by atoms with van der Waals surface area (Å²) in [6, 6.07) is 13.5. The van der Waals surface area contributed by atoms with E-state index in [0.29, 0.717) is 31.4 Å². The van der Waals surface area contributed by atoms with Crippen LogP contribution in [0.3, 0.4) is 0 Å². The highest BCUT2D eigenvalue weighted by Crippen LogP contribution is 2.32. The molecule has 0 spiro atoms. The molecule has 0 saturated carbocycles. The lowest BCUT2D eigenvalue weighted by Gasteiger charge is -2.24. The Hall–Kier alpha value is -3.12. The predicted octanol–water partition coefficient (Wildman–Crippen LogP) is 5.53. The van der Waals surface area contributed by atoms with Crippen LogP contribution in [0, 0.1) is 0 Å². The molecular formula is C27H30F6O6. The second-order valence-electron chi connectivity index (χ2n) is 9.49. The van der Waals surface area contributed by atoms with Crippen molar-refractivity contribution < 1.29 is 55.6 Å². The summed E-state index contributed by atoms with van der Waals surface area (Å²) in [5.74, 6) is -3.44. The average Bonchev–Trinajstić information content (AvgIpc) is 2.86. The lowest BCUT2D eigenvalue weighted by molar-refractivity contribution is -0.257. The van der Waals surface area contributed by atoms with E-state index >= 15 is 0 Å². The first-order valence-corrected chi connectivity index (χ1v) is 12.0. The lowest BCUT2D eigenvalue weighted by atomic mass is 9.89. The third-order valence-corrected chi connectivity index (χ3v) is 6.39. The Morgan fingerprint density at radius 3 is 1.44 bits per heavy atom. The molecule has 12 heteroatoms. The van der Waals surface area contributed by atoms with Gasteiger partial charge in [-0.2, -0.15) is 26.3 Å². The minimum absolute atomic E-state index is 0.137. The highest BCUT2D eigenvalue weighted by Gasteiger charge is 2.58. The normalized spacial score (nSPS) is 16.1. The Morgan fingerprint density at radius 1 is 0.718 bits per heavy atom. The molecule has 3 unspecified atom stereocenters. The van der Waals surface area contributed by atoms with Gasteiger partial charge in [-0.1, -0.05) is 55.5 Å². The number of alkyl halides is 6. The summed E-state index contributed by atoms with van der Waals surface area (Å²) in [5, 5.41) is 18.7. The standard InChI is InChI=1S/C27H30F6O6/c1-4-20(21-13-10-19(11-14-21)16-39-23(35)25(3,37)27(31,32)33)12-9-17-5-7-18(8-6-17)15-38-22(34)24(2,36)26(28,29)30/h5-8,10-11,13-14,20,36-37H,4,9,12,15-16H2,1-3H3. The van der Waals surface area contributed by atoms with Crippen molar-refractivity contribution in [2.75, 3.05) is 0 Å². The maximum atomic E-state index is 12.7. The average molecular weight is 565 g/mol. The largest absolute Gasteiger partial charge is 0.458 e. The number of carbonyl (C=O) groups excluding carboxylic acids is 2. The van der Waals surface area contributed by atoms with Crippen LogP contribution in [0.25, 0.3) is 0 Å². The molecule has 2 rings (SSSR count). The van der Waals surface area contributed by atoms with Crippen LogP contribution < -0.4 is 0 Å². The zero-order chi connectivity index (χ0) is 29.6. The van der Waals surface area contributed by atoms with Gasteiger partial charge in [-0.15, -0.1) is 0 Å². The molecule has 0 fully saturated rings. The van der Waals surface area contributed by atoms with Gasteiger partial charge in [0.2, 0.25) is 0 Å². The fourth-order valence-electron chi connectivity index (χ4n) is 3.45. The zero-order valence-corrected chi connectivity index (χ0v) is 21.5. The Balaban J connectivity index is 1.90. The highest BCUT2D eigenvalue weighted by atomic mass is 19.4. The number of ether oxygens (including phenoxy) is 2. The van der Waals surface area contributed by atoms with Gasteiger partial charge in [0.25, 0.3) is 11.2 Å². The molecule has 2 aromatic rings. The fraction of sp³-hybridized carbons (Fsp3) is 0.481. The van der Waals surface area contributed by atoms with Crippen LogP contribution in [0.4, 0.5) is 26.3 Å². The summed E-state index contributed by atoms with van der Waals surface area (Å²) < 4.78 is 85.6. The van der Waals surface area contributed by atoms with Crippen molar-refractivity contribution in [1.82, 2.24) is 0 Å². The first-order valence-electron chi connectivity index (χ1n) is 12.0. The summed E-state index contributed by atoms with van der Waals surface area (Å²) in [6.45, 7) is 1.79. The fourth-order valence-corrected chi connectivity index (χ4v) is 3.45. The van der Waals surface area contributed by atoms with Gasteiger partial charge < -0.3 is 19.7 Å². The van der Waals surface area contributed by atoms with Crippen molar-refractivity contribution in [1.29, 1.82) is 0 Å². The van der Waals surface area contributed by atoms with Crippen LogP contribution in [-0.4, -0.2) is 45.7 Å². The van der Waals surface area contributed by atoms with E-state index < -0.39 is 48.7 Å². The maximum Gasteiger partial charge on any atom is 0.427 e. The highest BCUT2D eigenvalue weighted by molar-refractivity contribution is 5.80. The van der Waals surface area contributed by atoms with E-state index in [1.807, 2.05) is 6.92 Å². The van der Waals surface area contributed by atoms with Gasteiger partial charge in [-0.25, -0.2) is 9.59 Å². The predicted molar refractivity (Wildman–Crippen MR) is 127 cm³/mol. The minimum Gasteiger partial charge on any atom is -0.458 e. The molecule has 2 N–H and O–H groups in total. The van der Waals surface area contributed by atoms with Crippen molar-refractivity contribution in [3.63, 3.8) is 0 Å². The van der Waals surface area contributed by atoms with Crippen LogP contribution in [0.5, 0.6) is 0 Å². The van der Waals surface area contributed by atoms with Gasteiger partial charge in [0.05, 0.1) is 0 Å². The molecular weight excluding hydrogens is 534 g/mol. The smallest absolute Gasteiger partial charge is 0.427 e. The maximum absolute atomic E-state index is 12.7. The van der Waals surface area contributed by atoms with E-state index in [4.69, 9.17) is 0 Å². The number of rotatable bonds is 11. The first-order chi connectivity index (χ1) is 17.9. The third-order valence-electron chi connectivity index (χ3n) is 6.39. The quantitative estimate of drug-likeness (QED) is 0.276. The van der Waals surface area contributed by atoms with Gasteiger partial charge in [-0.3, -0.25) is 0 Å². The molecule has 2 aromatic carbocycles. The molecule has 0 aliphatic carbocycles. The summed E-state index contributed by atoms with van der Waals surface area (Å²) in [6.07, 6.45) is -8.13. The molecule has 216 valence electrons. The van der Waals surface area contributed by atoms with E-state index in [9.17, 15) is 46.1 Å². The molecule has 0 amide bonds.